The van der Waals surface area contributed by atoms with Gasteiger partial charge in [-0.2, -0.15) is 0 Å². The molecule has 0 aliphatic heterocycles. The Bertz CT molecular complexity index is 3600. The van der Waals surface area contributed by atoms with Gasteiger partial charge in [-0.05, 0) is 169 Å². The average Bonchev–Trinajstić information content (AvgIpc) is 4.17. The summed E-state index contributed by atoms with van der Waals surface area (Å²) in [6.45, 7) is 0. The molecular weight excluding hydrogens is 1110 g/mol. The maximum absolute atomic E-state index is 3.41. The van der Waals surface area contributed by atoms with Crippen molar-refractivity contribution in [1.29, 1.82) is 0 Å². The number of aromatic amines is 1. The van der Waals surface area contributed by atoms with E-state index in [-0.39, 0.29) is 14.9 Å². The summed E-state index contributed by atoms with van der Waals surface area (Å²) in [5, 5.41) is 3.74. The van der Waals surface area contributed by atoms with Gasteiger partial charge in [-0.15, -0.1) is 0 Å². The highest BCUT2D eigenvalue weighted by Crippen LogP contribution is 2.35. The van der Waals surface area contributed by atoms with E-state index < -0.39 is 0 Å². The lowest BCUT2D eigenvalue weighted by molar-refractivity contribution is 1.13. The molecule has 1 N–H and O–H groups in total. The fourth-order valence-electron chi connectivity index (χ4n) is 9.25. The summed E-state index contributed by atoms with van der Waals surface area (Å²) in [6.07, 6.45) is 0. The molecule has 0 saturated carbocycles. The van der Waals surface area contributed by atoms with Gasteiger partial charge in [0.2, 0.25) is 0 Å². The van der Waals surface area contributed by atoms with Crippen LogP contribution in [-0.2, 0) is 0 Å². The van der Waals surface area contributed by atoms with Crippen molar-refractivity contribution in [2.24, 2.45) is 0 Å². The Morgan fingerprint density at radius 3 is 1.00 bits per heavy atom. The molecule has 0 unspecified atom stereocenters. The first kappa shape index (κ1) is 50.2. The number of aromatic nitrogens is 3. The molecule has 356 valence electrons. The first-order valence-corrected chi connectivity index (χ1v) is 25.9. The molecule has 3 aromatic heterocycles. The second-order valence-electron chi connectivity index (χ2n) is 17.3. The predicted octanol–water partition coefficient (Wildman–Crippen LogP) is 20.2. The second kappa shape index (κ2) is 23.2. The van der Waals surface area contributed by atoms with Crippen molar-refractivity contribution in [1.82, 2.24) is 14.1 Å². The highest BCUT2D eigenvalue weighted by Gasteiger charge is 2.15. The summed E-state index contributed by atoms with van der Waals surface area (Å²) in [5.41, 5.74) is 18.1. The number of H-pyrrole nitrogens is 1. The molecule has 73 heavy (non-hydrogen) atoms. The van der Waals surface area contributed by atoms with Crippen LogP contribution in [0.5, 0.6) is 0 Å². The molecular formula is C68H55I2N3. The van der Waals surface area contributed by atoms with E-state index in [9.17, 15) is 0 Å². The largest absolute Gasteiger partial charge is 0.355 e. The highest BCUT2D eigenvalue weighted by molar-refractivity contribution is 14.1. The van der Waals surface area contributed by atoms with Crippen molar-refractivity contribution >= 4 is 77.9 Å². The lowest BCUT2D eigenvalue weighted by Gasteiger charge is -2.14. The molecule has 5 heteroatoms. The van der Waals surface area contributed by atoms with Gasteiger partial charge < -0.3 is 14.1 Å². The molecule has 3 heterocycles. The van der Waals surface area contributed by atoms with Crippen LogP contribution in [0, 0.1) is 7.14 Å². The van der Waals surface area contributed by atoms with Crippen LogP contribution in [0.2, 0.25) is 0 Å². The molecule has 10 aromatic carbocycles. The van der Waals surface area contributed by atoms with E-state index in [0.717, 1.165) is 11.4 Å². The third-order valence-corrected chi connectivity index (χ3v) is 14.2. The van der Waals surface area contributed by atoms with Gasteiger partial charge in [0.25, 0.3) is 0 Å². The number of para-hydroxylation sites is 3. The molecule has 0 atom stereocenters. The van der Waals surface area contributed by atoms with Crippen molar-refractivity contribution in [2.45, 2.75) is 14.9 Å². The lowest BCUT2D eigenvalue weighted by atomic mass is 10.0. The topological polar surface area (TPSA) is 25.6 Å². The summed E-state index contributed by atoms with van der Waals surface area (Å²) in [7, 11) is 0. The normalized spacial score (nSPS) is 10.7. The van der Waals surface area contributed by atoms with Crippen LogP contribution in [0.15, 0.2) is 279 Å². The van der Waals surface area contributed by atoms with E-state index in [1.54, 1.807) is 0 Å². The summed E-state index contributed by atoms with van der Waals surface area (Å²) in [4.78, 5) is 3.41. The van der Waals surface area contributed by atoms with Crippen LogP contribution in [0.4, 0.5) is 0 Å². The number of benzene rings is 10. The van der Waals surface area contributed by atoms with Crippen LogP contribution >= 0.6 is 45.2 Å². The maximum atomic E-state index is 3.41. The predicted molar refractivity (Wildman–Crippen MR) is 331 cm³/mol. The Morgan fingerprint density at radius 2 is 0.603 bits per heavy atom. The first-order valence-electron chi connectivity index (χ1n) is 23.7. The van der Waals surface area contributed by atoms with Crippen molar-refractivity contribution in [3.05, 3.63) is 286 Å². The third kappa shape index (κ3) is 11.2. The van der Waals surface area contributed by atoms with E-state index in [0.29, 0.717) is 0 Å². The van der Waals surface area contributed by atoms with Crippen molar-refractivity contribution in [3.8, 4) is 67.4 Å². The molecule has 0 amide bonds. The van der Waals surface area contributed by atoms with E-state index >= 15 is 0 Å². The Hall–Kier alpha value is -7.72. The van der Waals surface area contributed by atoms with Gasteiger partial charge in [-0.1, -0.05) is 209 Å². The molecule has 0 aliphatic carbocycles. The van der Waals surface area contributed by atoms with Crippen LogP contribution in [0.3, 0.4) is 0 Å². The number of nitrogens with one attached hydrogen (secondary N) is 1. The molecule has 0 radical (unpaired) electrons. The minimum absolute atomic E-state index is 0. The van der Waals surface area contributed by atoms with Crippen LogP contribution < -0.4 is 0 Å². The molecule has 13 rings (SSSR count). The van der Waals surface area contributed by atoms with Crippen LogP contribution in [-0.4, -0.2) is 14.1 Å². The minimum Gasteiger partial charge on any atom is -0.355 e. The molecule has 13 aromatic rings. The van der Waals surface area contributed by atoms with Crippen LogP contribution in [0.25, 0.3) is 100 Å². The fourth-order valence-corrected chi connectivity index (χ4v) is 9.97. The number of halogens is 2. The van der Waals surface area contributed by atoms with Gasteiger partial charge in [-0.25, -0.2) is 0 Å². The fraction of sp³-hybridized carbons (Fsp3) is 0.0294. The molecule has 0 saturated heterocycles. The molecule has 0 fully saturated rings. The van der Waals surface area contributed by atoms with Gasteiger partial charge in [-0.3, -0.25) is 0 Å². The van der Waals surface area contributed by atoms with Crippen molar-refractivity contribution in [2.75, 3.05) is 0 Å². The number of fused-ring (bicyclic) bond motifs is 3. The quantitative estimate of drug-likeness (QED) is 0.154. The molecule has 0 aliphatic rings. The van der Waals surface area contributed by atoms with E-state index in [2.05, 4.69) is 326 Å². The Labute approximate surface area is 456 Å². The molecule has 3 nitrogen and oxygen atoms in total. The van der Waals surface area contributed by atoms with E-state index in [1.807, 2.05) is 12.1 Å². The zero-order valence-electron chi connectivity index (χ0n) is 38.7. The van der Waals surface area contributed by atoms with Crippen molar-refractivity contribution in [3.63, 3.8) is 0 Å². The van der Waals surface area contributed by atoms with Gasteiger partial charge in [0, 0.05) is 45.9 Å². The summed E-state index contributed by atoms with van der Waals surface area (Å²) in [6, 6.07) is 98.9. The lowest BCUT2D eigenvalue weighted by Crippen LogP contribution is -1.97. The van der Waals surface area contributed by atoms with E-state index in [1.165, 1.54) is 95.9 Å². The summed E-state index contributed by atoms with van der Waals surface area (Å²) in [5.74, 6) is 0. The second-order valence-corrected chi connectivity index (χ2v) is 19.8. The molecule has 0 spiro atoms. The Balaban J connectivity index is 0.000000172. The SMILES string of the molecule is C.C.Ic1ccc(-c2ccc(I)cc2)cc1.c1ccc(-c2cc3ccccc3[nH]2)cc1.c1ccc(-c2cc3ccccc3n2-c2ccc(-c3ccc(-n4c(-c5ccccc5)cc5ccccc54)cc3)cc2)cc1. The average molecular weight is 1170 g/mol. The number of rotatable bonds is 7. The van der Waals surface area contributed by atoms with Gasteiger partial charge in [0.15, 0.2) is 0 Å². The van der Waals surface area contributed by atoms with E-state index in [4.69, 9.17) is 0 Å². The standard InChI is InChI=1S/C40H28N2.C14H11N.C12H8I2.2CH4/c1-3-11-31(12-4-1)39-27-33-15-7-9-17-37(33)41(39)35-23-19-29(20-24-35)30-21-25-36(26-22-30)42-38-18-10-8-16-34(38)28-40(42)32-13-5-2-6-14-32;1-2-6-11(7-3-1)14-10-12-8-4-5-9-13(12)15-14;13-11-5-1-9(2-6-11)10-3-7-12(14)8-4-10;;/h1-28H;1-10,15H;1-8H;2*1H4. The smallest absolute Gasteiger partial charge is 0.0540 e. The molecule has 0 bridgehead atoms. The summed E-state index contributed by atoms with van der Waals surface area (Å²) < 4.78 is 7.27. The Morgan fingerprint density at radius 1 is 0.274 bits per heavy atom. The van der Waals surface area contributed by atoms with Crippen molar-refractivity contribution < 1.29 is 0 Å². The van der Waals surface area contributed by atoms with Gasteiger partial charge in [0.05, 0.1) is 22.4 Å². The Kier molecular flexibility index (Phi) is 16.0. The van der Waals surface area contributed by atoms with Crippen LogP contribution in [0.1, 0.15) is 14.9 Å². The van der Waals surface area contributed by atoms with Gasteiger partial charge in [0.1, 0.15) is 0 Å². The highest BCUT2D eigenvalue weighted by atomic mass is 127. The maximum Gasteiger partial charge on any atom is 0.0540 e. The summed E-state index contributed by atoms with van der Waals surface area (Å²) >= 11 is 4.64. The number of hydrogen-bond donors (Lipinski definition) is 1. The zero-order chi connectivity index (χ0) is 47.9. The number of nitrogens with zero attached hydrogens (tertiary/aromatic N) is 2. The first-order chi connectivity index (χ1) is 35.0. The minimum atomic E-state index is 0. The zero-order valence-corrected chi connectivity index (χ0v) is 43.0. The number of hydrogen-bond acceptors (Lipinski definition) is 0. The van der Waals surface area contributed by atoms with Gasteiger partial charge >= 0.3 is 0 Å². The third-order valence-electron chi connectivity index (χ3n) is 12.8. The monoisotopic (exact) mass is 1170 g/mol.